The van der Waals surface area contributed by atoms with E-state index in [1.807, 2.05) is 0 Å². The summed E-state index contributed by atoms with van der Waals surface area (Å²) in [4.78, 5) is 11.9. The Balaban J connectivity index is 1.88. The second-order valence-corrected chi connectivity index (χ2v) is 8.37. The van der Waals surface area contributed by atoms with Crippen molar-refractivity contribution in [3.05, 3.63) is 23.8 Å². The van der Waals surface area contributed by atoms with Crippen molar-refractivity contribution >= 4 is 5.97 Å². The second-order valence-electron chi connectivity index (χ2n) is 8.37. The van der Waals surface area contributed by atoms with Crippen LogP contribution in [0.15, 0.2) is 18.2 Å². The van der Waals surface area contributed by atoms with Crippen LogP contribution in [0.2, 0.25) is 0 Å². The lowest BCUT2D eigenvalue weighted by Gasteiger charge is -2.08. The summed E-state index contributed by atoms with van der Waals surface area (Å²) in [7, 11) is 1.50. The van der Waals surface area contributed by atoms with Gasteiger partial charge in [-0.3, -0.25) is 4.79 Å². The third-order valence-electron chi connectivity index (χ3n) is 5.63. The van der Waals surface area contributed by atoms with Crippen molar-refractivity contribution in [3.63, 3.8) is 0 Å². The largest absolute Gasteiger partial charge is 0.504 e. The van der Waals surface area contributed by atoms with Crippen molar-refractivity contribution in [3.8, 4) is 11.5 Å². The monoisotopic (exact) mass is 420 g/mol. The average Bonchev–Trinajstić information content (AvgIpc) is 2.75. The number of phenols is 1. The van der Waals surface area contributed by atoms with E-state index in [2.05, 4.69) is 6.92 Å². The fraction of sp³-hybridized carbons (Fsp3) is 0.731. The first-order chi connectivity index (χ1) is 14.7. The molecule has 0 saturated heterocycles. The minimum absolute atomic E-state index is 0.0883. The van der Waals surface area contributed by atoms with Crippen molar-refractivity contribution in [1.29, 1.82) is 0 Å². The molecule has 4 nitrogen and oxygen atoms in total. The van der Waals surface area contributed by atoms with Gasteiger partial charge in [0.15, 0.2) is 11.5 Å². The molecule has 0 heterocycles. The van der Waals surface area contributed by atoms with Gasteiger partial charge in [-0.25, -0.2) is 0 Å². The van der Waals surface area contributed by atoms with E-state index >= 15 is 0 Å². The average molecular weight is 421 g/mol. The molecule has 0 aliphatic rings. The highest BCUT2D eigenvalue weighted by Gasteiger charge is 2.06. The zero-order valence-corrected chi connectivity index (χ0v) is 19.4. The van der Waals surface area contributed by atoms with Gasteiger partial charge in [0.05, 0.1) is 7.11 Å². The minimum Gasteiger partial charge on any atom is -0.504 e. The number of benzene rings is 1. The summed E-state index contributed by atoms with van der Waals surface area (Å²) in [6, 6.07) is 4.98. The van der Waals surface area contributed by atoms with Gasteiger partial charge in [-0.1, -0.05) is 103 Å². The van der Waals surface area contributed by atoms with Crippen LogP contribution in [0.4, 0.5) is 0 Å². The molecule has 30 heavy (non-hydrogen) atoms. The van der Waals surface area contributed by atoms with E-state index in [1.54, 1.807) is 18.2 Å². The molecule has 0 spiro atoms. The van der Waals surface area contributed by atoms with E-state index in [9.17, 15) is 9.90 Å². The van der Waals surface area contributed by atoms with Gasteiger partial charge in [0.1, 0.15) is 6.61 Å². The summed E-state index contributed by atoms with van der Waals surface area (Å²) in [5, 5.41) is 9.58. The Hall–Kier alpha value is -1.71. The molecule has 1 rings (SSSR count). The van der Waals surface area contributed by atoms with Gasteiger partial charge in [-0.05, 0) is 24.1 Å². The van der Waals surface area contributed by atoms with Crippen LogP contribution in [0.1, 0.15) is 115 Å². The number of ether oxygens (including phenoxy) is 2. The number of phenolic OH excluding ortho intramolecular Hbond substituents is 1. The molecule has 0 aromatic heterocycles. The molecule has 0 atom stereocenters. The van der Waals surface area contributed by atoms with Gasteiger partial charge in [-0.15, -0.1) is 0 Å². The van der Waals surface area contributed by atoms with Crippen molar-refractivity contribution < 1.29 is 19.4 Å². The van der Waals surface area contributed by atoms with E-state index in [1.165, 1.54) is 90.6 Å². The van der Waals surface area contributed by atoms with Crippen LogP contribution in [0, 0.1) is 0 Å². The lowest BCUT2D eigenvalue weighted by molar-refractivity contribution is -0.145. The Bertz CT molecular complexity index is 556. The molecule has 1 aromatic rings. The Morgan fingerprint density at radius 3 is 1.80 bits per heavy atom. The van der Waals surface area contributed by atoms with Crippen LogP contribution >= 0.6 is 0 Å². The number of rotatable bonds is 19. The summed E-state index contributed by atoms with van der Waals surface area (Å²) >= 11 is 0. The third kappa shape index (κ3) is 13.5. The Morgan fingerprint density at radius 1 is 0.800 bits per heavy atom. The standard InChI is InChI=1S/C26H44O4/c1-3-4-5-6-7-8-9-10-11-12-13-14-15-16-17-18-26(28)30-22-23-19-20-24(27)25(21-23)29-2/h19-21,27H,3-18,22H2,1-2H3. The van der Waals surface area contributed by atoms with Gasteiger partial charge in [0.25, 0.3) is 0 Å². The first-order valence-corrected chi connectivity index (χ1v) is 12.2. The molecular weight excluding hydrogens is 376 g/mol. The molecule has 0 amide bonds. The number of unbranched alkanes of at least 4 members (excludes halogenated alkanes) is 14. The SMILES string of the molecule is CCCCCCCCCCCCCCCCCC(=O)OCc1ccc(O)c(OC)c1. The van der Waals surface area contributed by atoms with Crippen molar-refractivity contribution in [1.82, 2.24) is 0 Å². The number of hydrogen-bond acceptors (Lipinski definition) is 4. The number of hydrogen-bond donors (Lipinski definition) is 1. The first-order valence-electron chi connectivity index (χ1n) is 12.2. The van der Waals surface area contributed by atoms with Crippen molar-refractivity contribution in [2.45, 2.75) is 116 Å². The van der Waals surface area contributed by atoms with Crippen molar-refractivity contribution in [2.75, 3.05) is 7.11 Å². The molecule has 0 aliphatic heterocycles. The zero-order valence-electron chi connectivity index (χ0n) is 19.4. The topological polar surface area (TPSA) is 55.8 Å². The molecule has 0 radical (unpaired) electrons. The van der Waals surface area contributed by atoms with Crippen LogP contribution in [0.5, 0.6) is 11.5 Å². The van der Waals surface area contributed by atoms with Crippen molar-refractivity contribution in [2.24, 2.45) is 0 Å². The van der Waals surface area contributed by atoms with Gasteiger partial charge in [-0.2, -0.15) is 0 Å². The molecule has 172 valence electrons. The normalized spacial score (nSPS) is 10.9. The highest BCUT2D eigenvalue weighted by atomic mass is 16.5. The second kappa shape index (κ2) is 18.1. The molecular formula is C26H44O4. The van der Waals surface area contributed by atoms with E-state index in [0.29, 0.717) is 12.2 Å². The van der Waals surface area contributed by atoms with Gasteiger partial charge in [0.2, 0.25) is 0 Å². The molecule has 1 N–H and O–H groups in total. The predicted octanol–water partition coefficient (Wildman–Crippen LogP) is 7.71. The minimum atomic E-state index is -0.156. The summed E-state index contributed by atoms with van der Waals surface area (Å²) in [5.41, 5.74) is 0.814. The number of carbonyl (C=O) groups is 1. The molecule has 0 aliphatic carbocycles. The van der Waals surface area contributed by atoms with E-state index in [0.717, 1.165) is 18.4 Å². The number of carbonyl (C=O) groups excluding carboxylic acids is 1. The van der Waals surface area contributed by atoms with E-state index in [4.69, 9.17) is 9.47 Å². The Morgan fingerprint density at radius 2 is 1.30 bits per heavy atom. The van der Waals surface area contributed by atoms with Crippen LogP contribution < -0.4 is 4.74 Å². The summed E-state index contributed by atoms with van der Waals surface area (Å²) < 4.78 is 10.4. The molecule has 0 saturated carbocycles. The Labute approximate surface area is 184 Å². The highest BCUT2D eigenvalue weighted by molar-refractivity contribution is 5.69. The van der Waals surface area contributed by atoms with Crippen LogP contribution in [-0.2, 0) is 16.1 Å². The summed E-state index contributed by atoms with van der Waals surface area (Å²) in [6.45, 7) is 2.49. The lowest BCUT2D eigenvalue weighted by atomic mass is 10.0. The third-order valence-corrected chi connectivity index (χ3v) is 5.63. The molecule has 0 fully saturated rings. The quantitative estimate of drug-likeness (QED) is 0.184. The fourth-order valence-corrected chi connectivity index (χ4v) is 3.69. The predicted molar refractivity (Wildman–Crippen MR) is 124 cm³/mol. The molecule has 1 aromatic carbocycles. The maximum atomic E-state index is 11.9. The smallest absolute Gasteiger partial charge is 0.306 e. The highest BCUT2D eigenvalue weighted by Crippen LogP contribution is 2.26. The van der Waals surface area contributed by atoms with Crippen LogP contribution in [0.25, 0.3) is 0 Å². The Kier molecular flexibility index (Phi) is 15.9. The fourth-order valence-electron chi connectivity index (χ4n) is 3.69. The molecule has 0 bridgehead atoms. The van der Waals surface area contributed by atoms with E-state index < -0.39 is 0 Å². The van der Waals surface area contributed by atoms with Crippen LogP contribution in [-0.4, -0.2) is 18.2 Å². The maximum Gasteiger partial charge on any atom is 0.306 e. The number of aromatic hydroxyl groups is 1. The van der Waals surface area contributed by atoms with Gasteiger partial charge in [0, 0.05) is 6.42 Å². The molecule has 4 heteroatoms. The van der Waals surface area contributed by atoms with E-state index in [-0.39, 0.29) is 18.3 Å². The summed E-state index contributed by atoms with van der Waals surface area (Å²) in [6.07, 6.45) is 20.2. The van der Waals surface area contributed by atoms with Crippen LogP contribution in [0.3, 0.4) is 0 Å². The lowest BCUT2D eigenvalue weighted by Crippen LogP contribution is -2.04. The summed E-state index contributed by atoms with van der Waals surface area (Å²) in [5.74, 6) is 0.327. The molecule has 0 unspecified atom stereocenters. The number of esters is 1. The number of methoxy groups -OCH3 is 1. The van der Waals surface area contributed by atoms with Gasteiger partial charge >= 0.3 is 5.97 Å². The maximum absolute atomic E-state index is 11.9. The zero-order chi connectivity index (χ0) is 21.9. The first kappa shape index (κ1) is 26.3. The van der Waals surface area contributed by atoms with Gasteiger partial charge < -0.3 is 14.6 Å².